The SMILES string of the molecule is CCOC(=O)C1=C(C)N=c2s/c(=C/c3ccc(-c4ccc(Cl)cc4Cl)o3)c(=O)n2[C@H]1c1ccccc1OC. The Hall–Kier alpha value is -3.59. The summed E-state index contributed by atoms with van der Waals surface area (Å²) in [7, 11) is 1.55. The number of benzene rings is 2. The zero-order chi connectivity index (χ0) is 27.0. The molecule has 4 aromatic rings. The molecule has 7 nitrogen and oxygen atoms in total. The molecule has 2 aromatic heterocycles. The first kappa shape index (κ1) is 26.0. The predicted octanol–water partition coefficient (Wildman–Crippen LogP) is 5.37. The fourth-order valence-electron chi connectivity index (χ4n) is 4.37. The molecule has 10 heteroatoms. The van der Waals surface area contributed by atoms with Gasteiger partial charge in [-0.25, -0.2) is 9.79 Å². The standard InChI is InChI=1S/C28H22Cl2N2O5S/c1-4-36-27(34)24-15(2)31-28-32(25(24)19-7-5-6-8-21(19)35-3)26(33)23(38-28)14-17-10-12-22(37-17)18-11-9-16(29)13-20(18)30/h5-14,25H,4H2,1-3H3/b23-14+/t25-/m0/s1. The maximum atomic E-state index is 13.8. The Bertz CT molecular complexity index is 1770. The number of nitrogens with zero attached hydrogens (tertiary/aromatic N) is 2. The lowest BCUT2D eigenvalue weighted by Crippen LogP contribution is -2.40. The molecule has 0 N–H and O–H groups in total. The number of para-hydroxylation sites is 1. The van der Waals surface area contributed by atoms with Crippen LogP contribution in [-0.2, 0) is 9.53 Å². The third-order valence-corrected chi connectivity index (χ3v) is 7.58. The number of allylic oxidation sites excluding steroid dienone is 1. The molecule has 0 amide bonds. The summed E-state index contributed by atoms with van der Waals surface area (Å²) in [6, 6.07) is 15.2. The molecule has 0 spiro atoms. The van der Waals surface area contributed by atoms with Crippen LogP contribution in [0.5, 0.6) is 5.75 Å². The summed E-state index contributed by atoms with van der Waals surface area (Å²) in [5.41, 5.74) is 1.78. The minimum Gasteiger partial charge on any atom is -0.496 e. The van der Waals surface area contributed by atoms with E-state index in [2.05, 4.69) is 4.99 Å². The van der Waals surface area contributed by atoms with Crippen molar-refractivity contribution in [3.05, 3.63) is 107 Å². The summed E-state index contributed by atoms with van der Waals surface area (Å²) in [6.45, 7) is 3.66. The zero-order valence-corrected chi connectivity index (χ0v) is 23.0. The molecule has 0 saturated carbocycles. The topological polar surface area (TPSA) is 83.0 Å². The first-order valence-electron chi connectivity index (χ1n) is 11.7. The fourth-order valence-corrected chi connectivity index (χ4v) is 5.90. The van der Waals surface area contributed by atoms with Gasteiger partial charge in [-0.2, -0.15) is 0 Å². The van der Waals surface area contributed by atoms with Gasteiger partial charge in [0.2, 0.25) is 0 Å². The van der Waals surface area contributed by atoms with Gasteiger partial charge in [0, 0.05) is 22.2 Å². The second-order valence-electron chi connectivity index (χ2n) is 8.37. The Morgan fingerprint density at radius 1 is 1.18 bits per heavy atom. The molecule has 194 valence electrons. The van der Waals surface area contributed by atoms with Gasteiger partial charge >= 0.3 is 5.97 Å². The van der Waals surface area contributed by atoms with E-state index < -0.39 is 12.0 Å². The Morgan fingerprint density at radius 2 is 1.97 bits per heavy atom. The summed E-state index contributed by atoms with van der Waals surface area (Å²) >= 11 is 13.5. The number of halogens is 2. The molecule has 0 fully saturated rings. The van der Waals surface area contributed by atoms with Crippen LogP contribution < -0.4 is 19.6 Å². The number of esters is 1. The van der Waals surface area contributed by atoms with Crippen LogP contribution in [0.3, 0.4) is 0 Å². The van der Waals surface area contributed by atoms with E-state index in [0.717, 1.165) is 0 Å². The quantitative estimate of drug-likeness (QED) is 0.292. The maximum absolute atomic E-state index is 13.8. The number of rotatable bonds is 6. The predicted molar refractivity (Wildman–Crippen MR) is 148 cm³/mol. The van der Waals surface area contributed by atoms with Crippen LogP contribution in [0.15, 0.2) is 80.1 Å². The summed E-state index contributed by atoms with van der Waals surface area (Å²) in [5, 5.41) is 0.977. The van der Waals surface area contributed by atoms with E-state index in [4.69, 9.17) is 37.1 Å². The summed E-state index contributed by atoms with van der Waals surface area (Å²) in [5.74, 6) is 1.01. The third-order valence-electron chi connectivity index (χ3n) is 6.05. The van der Waals surface area contributed by atoms with Gasteiger partial charge in [0.1, 0.15) is 23.3 Å². The van der Waals surface area contributed by atoms with Gasteiger partial charge in [0.05, 0.1) is 34.5 Å². The van der Waals surface area contributed by atoms with Gasteiger partial charge in [-0.1, -0.05) is 52.7 Å². The highest BCUT2D eigenvalue weighted by molar-refractivity contribution is 7.07. The molecule has 0 bridgehead atoms. The number of methoxy groups -OCH3 is 1. The lowest BCUT2D eigenvalue weighted by atomic mass is 9.95. The van der Waals surface area contributed by atoms with Crippen LogP contribution in [0.2, 0.25) is 10.0 Å². The lowest BCUT2D eigenvalue weighted by molar-refractivity contribution is -0.139. The van der Waals surface area contributed by atoms with Crippen LogP contribution in [0.25, 0.3) is 17.4 Å². The minimum atomic E-state index is -0.774. The number of aromatic nitrogens is 1. The van der Waals surface area contributed by atoms with E-state index in [1.165, 1.54) is 15.9 Å². The van der Waals surface area contributed by atoms with E-state index in [-0.39, 0.29) is 17.7 Å². The van der Waals surface area contributed by atoms with Crippen molar-refractivity contribution < 1.29 is 18.7 Å². The molecular weight excluding hydrogens is 547 g/mol. The summed E-state index contributed by atoms with van der Waals surface area (Å²) < 4.78 is 18.8. The van der Waals surface area contributed by atoms with Crippen LogP contribution in [-0.4, -0.2) is 24.3 Å². The van der Waals surface area contributed by atoms with Crippen LogP contribution in [0, 0.1) is 0 Å². The molecule has 3 heterocycles. The largest absolute Gasteiger partial charge is 0.496 e. The number of carbonyl (C=O) groups is 1. The molecule has 0 aliphatic carbocycles. The van der Waals surface area contributed by atoms with Crippen molar-refractivity contribution in [2.45, 2.75) is 19.9 Å². The highest BCUT2D eigenvalue weighted by Gasteiger charge is 2.35. The number of hydrogen-bond acceptors (Lipinski definition) is 7. The van der Waals surface area contributed by atoms with Crippen molar-refractivity contribution in [3.8, 4) is 17.1 Å². The Balaban J connectivity index is 1.66. The molecule has 0 unspecified atom stereocenters. The van der Waals surface area contributed by atoms with Crippen molar-refractivity contribution in [3.63, 3.8) is 0 Å². The average Bonchev–Trinajstić information content (AvgIpc) is 3.47. The second-order valence-corrected chi connectivity index (χ2v) is 10.2. The lowest BCUT2D eigenvalue weighted by Gasteiger charge is -2.25. The third kappa shape index (κ3) is 4.71. The molecule has 38 heavy (non-hydrogen) atoms. The molecule has 2 aromatic carbocycles. The van der Waals surface area contributed by atoms with Crippen molar-refractivity contribution in [1.29, 1.82) is 0 Å². The number of fused-ring (bicyclic) bond motifs is 1. The molecule has 1 atom stereocenters. The van der Waals surface area contributed by atoms with Gasteiger partial charge < -0.3 is 13.9 Å². The van der Waals surface area contributed by atoms with E-state index in [1.807, 2.05) is 18.2 Å². The van der Waals surface area contributed by atoms with Gasteiger partial charge in [0.25, 0.3) is 5.56 Å². The number of thiazole rings is 1. The first-order chi connectivity index (χ1) is 18.3. The molecule has 5 rings (SSSR count). The normalized spacial score (nSPS) is 15.3. The molecule has 0 saturated heterocycles. The smallest absolute Gasteiger partial charge is 0.338 e. The van der Waals surface area contributed by atoms with Gasteiger partial charge in [-0.05, 0) is 50.2 Å². The highest BCUT2D eigenvalue weighted by Crippen LogP contribution is 2.36. The second kappa shape index (κ2) is 10.6. The summed E-state index contributed by atoms with van der Waals surface area (Å²) in [4.78, 5) is 31.9. The van der Waals surface area contributed by atoms with E-state index in [0.29, 0.717) is 53.5 Å². The van der Waals surface area contributed by atoms with Crippen molar-refractivity contribution >= 4 is 46.6 Å². The molecular formula is C28H22Cl2N2O5S. The monoisotopic (exact) mass is 568 g/mol. The van der Waals surface area contributed by atoms with Crippen LogP contribution in [0.4, 0.5) is 0 Å². The Labute approximate surface area is 231 Å². The number of furan rings is 1. The first-order valence-corrected chi connectivity index (χ1v) is 13.3. The molecule has 1 aliphatic heterocycles. The Morgan fingerprint density at radius 3 is 2.71 bits per heavy atom. The average molecular weight is 569 g/mol. The van der Waals surface area contributed by atoms with Crippen LogP contribution in [0.1, 0.15) is 31.2 Å². The zero-order valence-electron chi connectivity index (χ0n) is 20.7. The van der Waals surface area contributed by atoms with Gasteiger partial charge in [-0.3, -0.25) is 9.36 Å². The number of carbonyl (C=O) groups excluding carboxylic acids is 1. The van der Waals surface area contributed by atoms with Crippen molar-refractivity contribution in [1.82, 2.24) is 4.57 Å². The van der Waals surface area contributed by atoms with Gasteiger partial charge in [-0.15, -0.1) is 0 Å². The maximum Gasteiger partial charge on any atom is 0.338 e. The van der Waals surface area contributed by atoms with Crippen molar-refractivity contribution in [2.24, 2.45) is 4.99 Å². The minimum absolute atomic E-state index is 0.192. The summed E-state index contributed by atoms with van der Waals surface area (Å²) in [6.07, 6.45) is 1.65. The molecule has 0 radical (unpaired) electrons. The molecule has 1 aliphatic rings. The van der Waals surface area contributed by atoms with E-state index in [9.17, 15) is 9.59 Å². The van der Waals surface area contributed by atoms with Crippen molar-refractivity contribution in [2.75, 3.05) is 13.7 Å². The number of ether oxygens (including phenoxy) is 2. The fraction of sp³-hybridized carbons (Fsp3) is 0.179. The van der Waals surface area contributed by atoms with Gasteiger partial charge in [0.15, 0.2) is 4.80 Å². The highest BCUT2D eigenvalue weighted by atomic mass is 35.5. The van der Waals surface area contributed by atoms with E-state index >= 15 is 0 Å². The Kier molecular flexibility index (Phi) is 7.29. The van der Waals surface area contributed by atoms with Crippen LogP contribution >= 0.6 is 34.5 Å². The number of hydrogen-bond donors (Lipinski definition) is 0. The van der Waals surface area contributed by atoms with E-state index in [1.54, 1.807) is 63.4 Å².